The number of nitro groups is 1. The smallest absolute Gasteiger partial charge is 0.271 e. The molecule has 2 aliphatic rings. The first-order valence-electron chi connectivity index (χ1n) is 12.5. The van der Waals surface area contributed by atoms with Crippen molar-refractivity contribution in [2.75, 3.05) is 16.6 Å². The number of non-ortho nitro benzene ring substituents is 1. The van der Waals surface area contributed by atoms with Gasteiger partial charge < -0.3 is 9.84 Å². The molecule has 10 nitrogen and oxygen atoms in total. The fraction of sp³-hybridized carbons (Fsp3) is 0.172. The highest BCUT2D eigenvalue weighted by Crippen LogP contribution is 2.50. The summed E-state index contributed by atoms with van der Waals surface area (Å²) in [7, 11) is 0. The second-order valence-electron chi connectivity index (χ2n) is 9.39. The van der Waals surface area contributed by atoms with Gasteiger partial charge in [0.15, 0.2) is 17.6 Å². The number of amides is 2. The molecular weight excluding hydrogens is 582 g/mol. The zero-order valence-electron chi connectivity index (χ0n) is 21.1. The molecule has 11 heteroatoms. The van der Waals surface area contributed by atoms with E-state index < -0.39 is 34.8 Å². The van der Waals surface area contributed by atoms with Gasteiger partial charge >= 0.3 is 0 Å². The van der Waals surface area contributed by atoms with Gasteiger partial charge in [0.25, 0.3) is 11.6 Å². The molecular formula is C29H22BrN3O7. The monoisotopic (exact) mass is 603 g/mol. The number of phenolic OH excluding ortho intramolecular Hbond substituents is 1. The Morgan fingerprint density at radius 3 is 2.55 bits per heavy atom. The number of imide groups is 1. The van der Waals surface area contributed by atoms with E-state index in [9.17, 15) is 24.8 Å². The molecule has 6 rings (SSSR count). The second-order valence-corrected chi connectivity index (χ2v) is 10.2. The van der Waals surface area contributed by atoms with Crippen molar-refractivity contribution in [2.45, 2.75) is 19.1 Å². The summed E-state index contributed by atoms with van der Waals surface area (Å²) in [6.07, 6.45) is -1.18. The molecule has 2 aliphatic heterocycles. The van der Waals surface area contributed by atoms with E-state index in [-0.39, 0.29) is 23.8 Å². The van der Waals surface area contributed by atoms with Crippen molar-refractivity contribution in [1.82, 2.24) is 0 Å². The van der Waals surface area contributed by atoms with Gasteiger partial charge in [-0.25, -0.2) is 9.96 Å². The molecule has 0 radical (unpaired) electrons. The van der Waals surface area contributed by atoms with Crippen LogP contribution in [-0.2, 0) is 14.4 Å². The Morgan fingerprint density at radius 2 is 1.77 bits per heavy atom. The number of nitrogens with zero attached hydrogens (tertiary/aromatic N) is 3. The lowest BCUT2D eigenvalue weighted by Crippen LogP contribution is -2.37. The van der Waals surface area contributed by atoms with Crippen molar-refractivity contribution >= 4 is 55.6 Å². The van der Waals surface area contributed by atoms with Gasteiger partial charge in [-0.1, -0.05) is 42.5 Å². The van der Waals surface area contributed by atoms with Crippen LogP contribution in [0.2, 0.25) is 0 Å². The summed E-state index contributed by atoms with van der Waals surface area (Å²) in [6, 6.07) is 21.0. The first-order chi connectivity index (χ1) is 19.3. The van der Waals surface area contributed by atoms with E-state index in [0.29, 0.717) is 21.4 Å². The summed E-state index contributed by atoms with van der Waals surface area (Å²) in [5.74, 6) is -1.93. The number of ether oxygens (including phenoxy) is 1. The minimum atomic E-state index is -1.18. The Morgan fingerprint density at radius 1 is 1.02 bits per heavy atom. The molecule has 3 atom stereocenters. The minimum absolute atomic E-state index is 0.117. The number of rotatable bonds is 6. The minimum Gasteiger partial charge on any atom is -0.503 e. The van der Waals surface area contributed by atoms with Crippen LogP contribution in [0.5, 0.6) is 11.5 Å². The molecule has 0 spiro atoms. The van der Waals surface area contributed by atoms with Gasteiger partial charge in [0.1, 0.15) is 5.92 Å². The van der Waals surface area contributed by atoms with Crippen molar-refractivity contribution in [1.29, 1.82) is 0 Å². The first-order valence-corrected chi connectivity index (χ1v) is 13.3. The lowest BCUT2D eigenvalue weighted by atomic mass is 9.90. The van der Waals surface area contributed by atoms with Crippen LogP contribution in [0, 0.1) is 16.0 Å². The topological polar surface area (TPSA) is 122 Å². The zero-order chi connectivity index (χ0) is 28.1. The van der Waals surface area contributed by atoms with Gasteiger partial charge in [-0.3, -0.25) is 24.5 Å². The average molecular weight is 604 g/mol. The molecule has 0 saturated carbocycles. The van der Waals surface area contributed by atoms with Crippen molar-refractivity contribution in [3.8, 4) is 11.5 Å². The maximum absolute atomic E-state index is 14.1. The van der Waals surface area contributed by atoms with Crippen LogP contribution in [0.4, 0.5) is 17.1 Å². The van der Waals surface area contributed by atoms with Crippen LogP contribution in [0.15, 0.2) is 83.3 Å². The Bertz CT molecular complexity index is 1690. The summed E-state index contributed by atoms with van der Waals surface area (Å²) >= 11 is 3.36. The number of halogens is 1. The van der Waals surface area contributed by atoms with Gasteiger partial charge in [0.2, 0.25) is 5.91 Å². The van der Waals surface area contributed by atoms with Crippen LogP contribution in [-0.4, -0.2) is 34.6 Å². The fourth-order valence-corrected chi connectivity index (χ4v) is 5.85. The molecule has 2 saturated heterocycles. The lowest BCUT2D eigenvalue weighted by molar-refractivity contribution is -0.384. The molecule has 4 aromatic carbocycles. The summed E-state index contributed by atoms with van der Waals surface area (Å²) in [5.41, 5.74) is 1.09. The Hall–Kier alpha value is -4.48. The number of benzene rings is 4. The Balaban J connectivity index is 1.50. The van der Waals surface area contributed by atoms with Gasteiger partial charge in [0, 0.05) is 17.5 Å². The highest BCUT2D eigenvalue weighted by atomic mass is 79.9. The SMILES string of the molecule is CCOc1cc([C@@H]2[C@H]3C(=O)N(c4cccc5ccccc45)C(=O)[C@H]3ON2c2cccc([N+](=O)[O-])c2)cc(Br)c1O. The molecule has 0 bridgehead atoms. The van der Waals surface area contributed by atoms with Crippen LogP contribution < -0.4 is 14.7 Å². The number of hydroxylamine groups is 1. The number of carbonyl (C=O) groups is 2. The third-order valence-electron chi connectivity index (χ3n) is 7.11. The molecule has 2 heterocycles. The van der Waals surface area contributed by atoms with Gasteiger partial charge in [-0.15, -0.1) is 0 Å². The molecule has 4 aromatic rings. The third kappa shape index (κ3) is 4.05. The second kappa shape index (κ2) is 9.92. The predicted molar refractivity (Wildman–Crippen MR) is 150 cm³/mol. The molecule has 0 aliphatic carbocycles. The van der Waals surface area contributed by atoms with E-state index in [2.05, 4.69) is 15.9 Å². The maximum atomic E-state index is 14.1. The molecule has 40 heavy (non-hydrogen) atoms. The van der Waals surface area contributed by atoms with Crippen LogP contribution in [0.25, 0.3) is 10.8 Å². The molecule has 202 valence electrons. The standard InChI is InChI=1S/C29H22BrN3O7/c1-2-39-23-14-17(13-21(30)26(23)34)25-24-27(40-32(25)18-9-6-10-19(15-18)33(37)38)29(36)31(28(24)35)22-12-5-8-16-7-3-4-11-20(16)22/h3-15,24-25,27,34H,2H2,1H3/t24-,25-,27+/m1/s1. The average Bonchev–Trinajstić information content (AvgIpc) is 3.46. The number of carbonyl (C=O) groups excluding carboxylic acids is 2. The molecule has 1 N–H and O–H groups in total. The van der Waals surface area contributed by atoms with Crippen molar-refractivity contribution in [3.63, 3.8) is 0 Å². The lowest BCUT2D eigenvalue weighted by Gasteiger charge is -2.29. The largest absolute Gasteiger partial charge is 0.503 e. The number of hydrogen-bond acceptors (Lipinski definition) is 8. The van der Waals surface area contributed by atoms with Crippen molar-refractivity contribution in [2.24, 2.45) is 5.92 Å². The van der Waals surface area contributed by atoms with Gasteiger partial charge in [0.05, 0.1) is 33.4 Å². The number of fused-ring (bicyclic) bond motifs is 2. The Labute approximate surface area is 236 Å². The molecule has 2 amide bonds. The quantitative estimate of drug-likeness (QED) is 0.170. The van der Waals surface area contributed by atoms with E-state index in [0.717, 1.165) is 15.7 Å². The maximum Gasteiger partial charge on any atom is 0.271 e. The Kier molecular flexibility index (Phi) is 6.40. The van der Waals surface area contributed by atoms with Crippen molar-refractivity contribution in [3.05, 3.63) is 99.0 Å². The van der Waals surface area contributed by atoms with E-state index in [1.807, 2.05) is 30.3 Å². The van der Waals surface area contributed by atoms with E-state index >= 15 is 0 Å². The van der Waals surface area contributed by atoms with Crippen molar-refractivity contribution < 1.29 is 29.2 Å². The number of nitro benzene ring substituents is 1. The zero-order valence-corrected chi connectivity index (χ0v) is 22.6. The predicted octanol–water partition coefficient (Wildman–Crippen LogP) is 5.67. The van der Waals surface area contributed by atoms with E-state index in [1.165, 1.54) is 23.3 Å². The van der Waals surface area contributed by atoms with Crippen LogP contribution in [0.3, 0.4) is 0 Å². The van der Waals surface area contributed by atoms with E-state index in [4.69, 9.17) is 9.57 Å². The fourth-order valence-electron chi connectivity index (χ4n) is 5.39. The van der Waals surface area contributed by atoms with Crippen LogP contribution in [0.1, 0.15) is 18.5 Å². The number of anilines is 2. The normalized spacial score (nSPS) is 20.3. The summed E-state index contributed by atoms with van der Waals surface area (Å²) < 4.78 is 5.93. The summed E-state index contributed by atoms with van der Waals surface area (Å²) in [4.78, 5) is 46.3. The summed E-state index contributed by atoms with van der Waals surface area (Å²) in [5, 5.41) is 25.0. The molecule has 2 fully saturated rings. The van der Waals surface area contributed by atoms with Gasteiger partial charge in [-0.05, 0) is 58.1 Å². The van der Waals surface area contributed by atoms with Crippen LogP contribution >= 0.6 is 15.9 Å². The number of aromatic hydroxyl groups is 1. The first kappa shape index (κ1) is 25.8. The van der Waals surface area contributed by atoms with E-state index in [1.54, 1.807) is 37.3 Å². The molecule has 0 aromatic heterocycles. The highest BCUT2D eigenvalue weighted by Gasteiger charge is 2.60. The third-order valence-corrected chi connectivity index (χ3v) is 7.71. The van der Waals surface area contributed by atoms with Gasteiger partial charge in [-0.2, -0.15) is 0 Å². The number of hydrogen-bond donors (Lipinski definition) is 1. The number of phenols is 1. The highest BCUT2D eigenvalue weighted by molar-refractivity contribution is 9.10. The summed E-state index contributed by atoms with van der Waals surface area (Å²) in [6.45, 7) is 2.04. The molecule has 0 unspecified atom stereocenters.